The SMILES string of the molecule is CCC(C)(O)CNc1ncc(N)cc1C. The molecule has 1 rings (SSSR count). The van der Waals surface area contributed by atoms with Crippen molar-refractivity contribution in [3.63, 3.8) is 0 Å². The second-order valence-corrected chi connectivity index (χ2v) is 4.14. The van der Waals surface area contributed by atoms with Crippen LogP contribution in [0.25, 0.3) is 0 Å². The molecule has 1 aromatic heterocycles. The van der Waals surface area contributed by atoms with Crippen LogP contribution in [0.15, 0.2) is 12.3 Å². The van der Waals surface area contributed by atoms with Gasteiger partial charge in [-0.15, -0.1) is 0 Å². The highest BCUT2D eigenvalue weighted by Gasteiger charge is 2.17. The molecule has 0 spiro atoms. The molecule has 84 valence electrons. The molecule has 1 aromatic rings. The zero-order valence-electron chi connectivity index (χ0n) is 9.54. The monoisotopic (exact) mass is 209 g/mol. The van der Waals surface area contributed by atoms with Gasteiger partial charge < -0.3 is 16.2 Å². The van der Waals surface area contributed by atoms with Gasteiger partial charge >= 0.3 is 0 Å². The number of hydrogen-bond acceptors (Lipinski definition) is 4. The minimum absolute atomic E-state index is 0.487. The minimum Gasteiger partial charge on any atom is -0.397 e. The second kappa shape index (κ2) is 4.49. The normalized spacial score (nSPS) is 14.7. The summed E-state index contributed by atoms with van der Waals surface area (Å²) in [5, 5.41) is 12.9. The molecule has 1 unspecified atom stereocenters. The van der Waals surface area contributed by atoms with Crippen LogP contribution in [0.2, 0.25) is 0 Å². The first-order valence-electron chi connectivity index (χ1n) is 5.13. The first-order valence-corrected chi connectivity index (χ1v) is 5.13. The van der Waals surface area contributed by atoms with Gasteiger partial charge in [-0.3, -0.25) is 0 Å². The number of aromatic nitrogens is 1. The minimum atomic E-state index is -0.699. The zero-order valence-corrected chi connectivity index (χ0v) is 9.54. The summed E-state index contributed by atoms with van der Waals surface area (Å²) in [6.45, 7) is 6.17. The van der Waals surface area contributed by atoms with Gasteiger partial charge in [-0.1, -0.05) is 6.92 Å². The van der Waals surface area contributed by atoms with E-state index in [4.69, 9.17) is 5.73 Å². The maximum Gasteiger partial charge on any atom is 0.129 e. The van der Waals surface area contributed by atoms with Gasteiger partial charge in [0.2, 0.25) is 0 Å². The standard InChI is InChI=1S/C11H19N3O/c1-4-11(3,15)7-14-10-8(2)5-9(12)6-13-10/h5-6,15H,4,7,12H2,1-3H3,(H,13,14). The van der Waals surface area contributed by atoms with E-state index in [0.29, 0.717) is 18.7 Å². The Morgan fingerprint density at radius 3 is 2.80 bits per heavy atom. The predicted molar refractivity (Wildman–Crippen MR) is 62.8 cm³/mol. The largest absolute Gasteiger partial charge is 0.397 e. The lowest BCUT2D eigenvalue weighted by atomic mass is 10.0. The number of anilines is 2. The van der Waals surface area contributed by atoms with E-state index in [9.17, 15) is 5.11 Å². The molecule has 1 heterocycles. The highest BCUT2D eigenvalue weighted by Crippen LogP contribution is 2.16. The van der Waals surface area contributed by atoms with Gasteiger partial charge in [0, 0.05) is 6.54 Å². The molecule has 15 heavy (non-hydrogen) atoms. The van der Waals surface area contributed by atoms with Crippen molar-refractivity contribution in [1.29, 1.82) is 0 Å². The first-order chi connectivity index (χ1) is 6.94. The van der Waals surface area contributed by atoms with Crippen molar-refractivity contribution in [2.45, 2.75) is 32.8 Å². The number of aliphatic hydroxyl groups is 1. The number of nitrogens with zero attached hydrogens (tertiary/aromatic N) is 1. The van der Waals surface area contributed by atoms with Crippen LogP contribution in [-0.2, 0) is 0 Å². The van der Waals surface area contributed by atoms with Crippen LogP contribution in [-0.4, -0.2) is 22.2 Å². The smallest absolute Gasteiger partial charge is 0.129 e. The first kappa shape index (κ1) is 11.8. The number of nitrogens with two attached hydrogens (primary N) is 1. The predicted octanol–water partition coefficient (Wildman–Crippen LogP) is 1.55. The molecule has 0 aliphatic heterocycles. The lowest BCUT2D eigenvalue weighted by Crippen LogP contribution is -2.32. The molecule has 0 amide bonds. The molecule has 4 N–H and O–H groups in total. The van der Waals surface area contributed by atoms with E-state index in [0.717, 1.165) is 11.4 Å². The molecule has 0 saturated heterocycles. The quantitative estimate of drug-likeness (QED) is 0.703. The summed E-state index contributed by atoms with van der Waals surface area (Å²) in [5.74, 6) is 0.776. The van der Waals surface area contributed by atoms with Crippen molar-refractivity contribution in [3.8, 4) is 0 Å². The van der Waals surface area contributed by atoms with E-state index < -0.39 is 5.60 Å². The van der Waals surface area contributed by atoms with Crippen molar-refractivity contribution in [2.24, 2.45) is 0 Å². The Morgan fingerprint density at radius 1 is 1.60 bits per heavy atom. The third-order valence-electron chi connectivity index (χ3n) is 2.50. The molecule has 4 nitrogen and oxygen atoms in total. The fourth-order valence-corrected chi connectivity index (χ4v) is 1.18. The van der Waals surface area contributed by atoms with Gasteiger partial charge in [-0.25, -0.2) is 4.98 Å². The fourth-order valence-electron chi connectivity index (χ4n) is 1.18. The highest BCUT2D eigenvalue weighted by atomic mass is 16.3. The summed E-state index contributed by atoms with van der Waals surface area (Å²) in [7, 11) is 0. The van der Waals surface area contributed by atoms with Crippen LogP contribution >= 0.6 is 0 Å². The Balaban J connectivity index is 2.66. The van der Waals surface area contributed by atoms with Crippen molar-refractivity contribution < 1.29 is 5.11 Å². The molecule has 0 fully saturated rings. The van der Waals surface area contributed by atoms with Crippen LogP contribution in [0, 0.1) is 6.92 Å². The van der Waals surface area contributed by atoms with E-state index in [1.807, 2.05) is 19.9 Å². The van der Waals surface area contributed by atoms with E-state index in [2.05, 4.69) is 10.3 Å². The van der Waals surface area contributed by atoms with Gasteiger partial charge in [-0.2, -0.15) is 0 Å². The molecule has 0 aromatic carbocycles. The van der Waals surface area contributed by atoms with Gasteiger partial charge in [0.05, 0.1) is 17.5 Å². The zero-order chi connectivity index (χ0) is 11.5. The van der Waals surface area contributed by atoms with Crippen LogP contribution in [0.1, 0.15) is 25.8 Å². The second-order valence-electron chi connectivity index (χ2n) is 4.14. The van der Waals surface area contributed by atoms with Crippen molar-refractivity contribution in [2.75, 3.05) is 17.6 Å². The van der Waals surface area contributed by atoms with Crippen LogP contribution in [0.3, 0.4) is 0 Å². The molecule has 0 aliphatic carbocycles. The Kier molecular flexibility index (Phi) is 3.52. The fraction of sp³-hybridized carbons (Fsp3) is 0.545. The third-order valence-corrected chi connectivity index (χ3v) is 2.50. The summed E-state index contributed by atoms with van der Waals surface area (Å²) in [5.41, 5.74) is 6.54. The maximum atomic E-state index is 9.82. The average molecular weight is 209 g/mol. The molecule has 0 saturated carbocycles. The molecular weight excluding hydrogens is 190 g/mol. The van der Waals surface area contributed by atoms with Crippen LogP contribution < -0.4 is 11.1 Å². The van der Waals surface area contributed by atoms with Gasteiger partial charge in [0.25, 0.3) is 0 Å². The number of nitrogens with one attached hydrogen (secondary N) is 1. The average Bonchev–Trinajstić information content (AvgIpc) is 2.16. The van der Waals surface area contributed by atoms with E-state index in [-0.39, 0.29) is 0 Å². The molecule has 0 radical (unpaired) electrons. The lowest BCUT2D eigenvalue weighted by Gasteiger charge is -2.22. The maximum absolute atomic E-state index is 9.82. The number of rotatable bonds is 4. The Labute approximate surface area is 90.5 Å². The number of hydrogen-bond donors (Lipinski definition) is 3. The van der Waals surface area contributed by atoms with E-state index >= 15 is 0 Å². The number of aryl methyl sites for hydroxylation is 1. The highest BCUT2D eigenvalue weighted by molar-refractivity contribution is 5.50. The number of nitrogen functional groups attached to an aromatic ring is 1. The van der Waals surface area contributed by atoms with Gasteiger partial charge in [-0.05, 0) is 31.9 Å². The summed E-state index contributed by atoms with van der Waals surface area (Å²) >= 11 is 0. The summed E-state index contributed by atoms with van der Waals surface area (Å²) in [6.07, 6.45) is 2.31. The van der Waals surface area contributed by atoms with Crippen LogP contribution in [0.5, 0.6) is 0 Å². The van der Waals surface area contributed by atoms with Gasteiger partial charge in [0.1, 0.15) is 5.82 Å². The summed E-state index contributed by atoms with van der Waals surface area (Å²) in [4.78, 5) is 4.17. The van der Waals surface area contributed by atoms with Crippen molar-refractivity contribution in [3.05, 3.63) is 17.8 Å². The van der Waals surface area contributed by atoms with Crippen LogP contribution in [0.4, 0.5) is 11.5 Å². The molecule has 4 heteroatoms. The van der Waals surface area contributed by atoms with E-state index in [1.54, 1.807) is 13.1 Å². The Bertz CT molecular complexity index is 337. The molecule has 1 atom stereocenters. The van der Waals surface area contributed by atoms with Crippen molar-refractivity contribution in [1.82, 2.24) is 4.98 Å². The van der Waals surface area contributed by atoms with Gasteiger partial charge in [0.15, 0.2) is 0 Å². The lowest BCUT2D eigenvalue weighted by molar-refractivity contribution is 0.0696. The summed E-state index contributed by atoms with van der Waals surface area (Å²) in [6, 6.07) is 1.86. The molecule has 0 aliphatic rings. The number of pyridine rings is 1. The van der Waals surface area contributed by atoms with Crippen molar-refractivity contribution >= 4 is 11.5 Å². The topological polar surface area (TPSA) is 71.2 Å². The third kappa shape index (κ3) is 3.40. The molecular formula is C11H19N3O. The molecule has 0 bridgehead atoms. The van der Waals surface area contributed by atoms with E-state index in [1.165, 1.54) is 0 Å². The Morgan fingerprint density at radius 2 is 2.27 bits per heavy atom. The summed E-state index contributed by atoms with van der Waals surface area (Å²) < 4.78 is 0. The Hall–Kier alpha value is -1.29.